The fourth-order valence-corrected chi connectivity index (χ4v) is 0. The third-order valence-corrected chi connectivity index (χ3v) is 0. The lowest BCUT2D eigenvalue weighted by atomic mass is 11.8. The third-order valence-electron chi connectivity index (χ3n) is 0. The van der Waals surface area contributed by atoms with E-state index in [1.165, 1.54) is 0 Å². The Kier molecular flexibility index (Phi) is 255. The molecule has 0 atom stereocenters. The molecule has 0 aromatic carbocycles. The van der Waals surface area contributed by atoms with Crippen LogP contribution in [0.4, 0.5) is 0 Å². The summed E-state index contributed by atoms with van der Waals surface area (Å²) in [5.74, 6) is 0. The van der Waals surface area contributed by atoms with Crippen LogP contribution in [0.5, 0.6) is 0 Å². The van der Waals surface area contributed by atoms with Crippen molar-refractivity contribution in [2.45, 2.75) is 0 Å². The van der Waals surface area contributed by atoms with Crippen LogP contribution in [0.25, 0.3) is 0 Å². The lowest BCUT2D eigenvalue weighted by molar-refractivity contribution is -0.398. The molecule has 0 unspecified atom stereocenters. The number of nitrogens with one attached hydrogen (secondary N) is 1. The molecule has 0 saturated heterocycles. The van der Waals surface area contributed by atoms with Gasteiger partial charge in [0.15, 0.2) is 0 Å². The largest absolute Gasteiger partial charge is 0.267 e. The molecule has 4 nitrogen and oxygen atoms in total. The van der Waals surface area contributed by atoms with Crippen LogP contribution in [0.2, 0.25) is 0 Å². The summed E-state index contributed by atoms with van der Waals surface area (Å²) in [6, 6.07) is 0. The molecular weight excluding hydrogens is 74.0 g/mol. The van der Waals surface area contributed by atoms with Gasteiger partial charge in [-0.25, -0.2) is 5.11 Å². The van der Waals surface area contributed by atoms with Gasteiger partial charge in [0, 0.05) is 5.34 Å². The van der Waals surface area contributed by atoms with Crippen molar-refractivity contribution in [3.05, 3.63) is 10.1 Å². The summed E-state index contributed by atoms with van der Waals surface area (Å²) >= 11 is 0. The zero-order chi connectivity index (χ0) is 4.71. The fourth-order valence-electron chi connectivity index (χ4n) is 0. The molecule has 0 saturated carbocycles. The van der Waals surface area contributed by atoms with Gasteiger partial charge in [-0.2, -0.15) is 0 Å². The van der Waals surface area contributed by atoms with E-state index in [1.54, 1.807) is 0 Å². The van der Waals surface area contributed by atoms with E-state index in [0.29, 0.717) is 0 Å². The molecule has 0 aromatic rings. The second-order valence-electron chi connectivity index (χ2n) is 0.0833. The van der Waals surface area contributed by atoms with Crippen molar-refractivity contribution >= 4 is 0 Å². The van der Waals surface area contributed by atoms with Crippen molar-refractivity contribution in [1.82, 2.24) is 0 Å². The minimum Gasteiger partial charge on any atom is -0.267 e. The number of hydrogen-bond donors (Lipinski definition) is 1. The summed E-state index contributed by atoms with van der Waals surface area (Å²) in [6.07, 6.45) is 0. The Morgan fingerprint density at radius 1 is 1.60 bits per heavy atom. The van der Waals surface area contributed by atoms with Crippen molar-refractivity contribution < 1.29 is 10.4 Å². The van der Waals surface area contributed by atoms with Gasteiger partial charge in [-0.1, -0.05) is 0 Å². The standard InChI is InChI=1S/CH3O.HNO2/c1-2;2-1-3/h1H3;1H. The number of rotatable bonds is 0. The van der Waals surface area contributed by atoms with Crippen LogP contribution in [0, 0.1) is 10.1 Å². The third kappa shape index (κ3) is 15.2. The molecule has 5 heavy (non-hydrogen) atoms. The van der Waals surface area contributed by atoms with E-state index >= 15 is 0 Å². The Labute approximate surface area is 29.0 Å². The van der Waals surface area contributed by atoms with Crippen molar-refractivity contribution in [3.63, 3.8) is 0 Å². The van der Waals surface area contributed by atoms with Crippen molar-refractivity contribution in [1.29, 1.82) is 0 Å². The maximum Gasteiger partial charge on any atom is 0.0712 e. The minimum atomic E-state index is 0.250. The quantitative estimate of drug-likeness (QED) is 0.279. The molecule has 0 aliphatic heterocycles. The van der Waals surface area contributed by atoms with Gasteiger partial charge in [-0.05, 0) is 0 Å². The molecule has 0 fully saturated rings. The zero-order valence-corrected chi connectivity index (χ0v) is 2.72. The molecular formula is CH4NO3. The smallest absolute Gasteiger partial charge is 0.0712 e. The van der Waals surface area contributed by atoms with Crippen molar-refractivity contribution in [2.24, 2.45) is 0 Å². The Morgan fingerprint density at radius 3 is 1.60 bits per heavy atom. The Bertz CT molecular complexity index is 14.4. The van der Waals surface area contributed by atoms with Crippen LogP contribution in [0.15, 0.2) is 0 Å². The van der Waals surface area contributed by atoms with Gasteiger partial charge >= 0.3 is 0 Å². The normalized spacial score (nSPS) is 3.60. The second-order valence-corrected chi connectivity index (χ2v) is 0.0833. The predicted octanol–water partition coefficient (Wildman–Crippen LogP) is -1.62. The summed E-state index contributed by atoms with van der Waals surface area (Å²) in [5.41, 5.74) is 0. The summed E-state index contributed by atoms with van der Waals surface area (Å²) in [5, 5.41) is 16.6. The molecule has 0 aliphatic carbocycles. The molecule has 0 aromatic heterocycles. The van der Waals surface area contributed by atoms with Crippen molar-refractivity contribution in [2.75, 3.05) is 7.11 Å². The van der Waals surface area contributed by atoms with Gasteiger partial charge in [0.05, 0.1) is 7.11 Å². The van der Waals surface area contributed by atoms with E-state index in [2.05, 4.69) is 0 Å². The molecule has 1 radical (unpaired) electrons. The molecule has 0 aliphatic rings. The highest BCUT2D eigenvalue weighted by atomic mass is 16.6. The molecule has 0 bridgehead atoms. The lowest BCUT2D eigenvalue weighted by Gasteiger charge is -1.36. The lowest BCUT2D eigenvalue weighted by Crippen LogP contribution is -2.53. The summed E-state index contributed by atoms with van der Waals surface area (Å²) in [4.78, 5) is 8.12. The van der Waals surface area contributed by atoms with Gasteiger partial charge in [-0.3, -0.25) is 10.1 Å². The van der Waals surface area contributed by atoms with Gasteiger partial charge in [0.1, 0.15) is 0 Å². The minimum absolute atomic E-state index is 0.250. The van der Waals surface area contributed by atoms with Crippen LogP contribution < -0.4 is 5.34 Å². The van der Waals surface area contributed by atoms with Gasteiger partial charge in [0.25, 0.3) is 0 Å². The van der Waals surface area contributed by atoms with Gasteiger partial charge in [-0.15, -0.1) is 0 Å². The Morgan fingerprint density at radius 2 is 1.60 bits per heavy atom. The fraction of sp³-hybridized carbons (Fsp3) is 1.00. The van der Waals surface area contributed by atoms with Crippen LogP contribution >= 0.6 is 0 Å². The van der Waals surface area contributed by atoms with E-state index < -0.39 is 0 Å². The summed E-state index contributed by atoms with van der Waals surface area (Å²) in [7, 11) is 0.750. The Hall–Kier alpha value is -0.640. The molecule has 1 N–H and O–H groups in total. The maximum atomic E-state index is 8.25. The second kappa shape index (κ2) is 144. The summed E-state index contributed by atoms with van der Waals surface area (Å²) < 4.78 is 0. The SMILES string of the molecule is C[O].O=[NH+][O-]. The van der Waals surface area contributed by atoms with Crippen LogP contribution in [-0.4, -0.2) is 7.11 Å². The average Bonchev–Trinajstić information content (AvgIpc) is 1.46. The van der Waals surface area contributed by atoms with E-state index in [0.717, 1.165) is 7.11 Å². The van der Waals surface area contributed by atoms with E-state index in [-0.39, 0.29) is 5.34 Å². The topological polar surface area (TPSA) is 74.0 Å². The highest BCUT2D eigenvalue weighted by molar-refractivity contribution is 3.77. The van der Waals surface area contributed by atoms with Crippen LogP contribution in [0.1, 0.15) is 0 Å². The highest BCUT2D eigenvalue weighted by Gasteiger charge is 1.10. The first kappa shape index (κ1) is 8.84. The first-order valence-electron chi connectivity index (χ1n) is 0.816. The molecule has 0 spiro atoms. The monoisotopic (exact) mass is 78.0 g/mol. The van der Waals surface area contributed by atoms with E-state index in [9.17, 15) is 0 Å². The first-order chi connectivity index (χ1) is 2.41. The van der Waals surface area contributed by atoms with Gasteiger partial charge in [0.2, 0.25) is 0 Å². The molecule has 0 amide bonds. The Balaban J connectivity index is 0. The summed E-state index contributed by atoms with van der Waals surface area (Å²) in [6.45, 7) is 0. The van der Waals surface area contributed by atoms with Gasteiger partial charge < -0.3 is 0 Å². The van der Waals surface area contributed by atoms with Crippen LogP contribution in [0.3, 0.4) is 0 Å². The first-order valence-corrected chi connectivity index (χ1v) is 0.816. The van der Waals surface area contributed by atoms with E-state index in [1.807, 2.05) is 0 Å². The zero-order valence-electron chi connectivity index (χ0n) is 2.72. The van der Waals surface area contributed by atoms with Crippen molar-refractivity contribution in [3.8, 4) is 0 Å². The molecule has 4 heteroatoms. The van der Waals surface area contributed by atoms with E-state index in [4.69, 9.17) is 15.2 Å². The number of hydrogen-bond acceptors (Lipinski definition) is 2. The predicted molar refractivity (Wildman–Crippen MR) is 14.3 cm³/mol. The maximum absolute atomic E-state index is 8.25. The van der Waals surface area contributed by atoms with Crippen LogP contribution in [-0.2, 0) is 5.11 Å². The average molecular weight is 78.0 g/mol. The molecule has 0 rings (SSSR count). The molecule has 0 heterocycles. The molecule has 31 valence electrons. The highest BCUT2D eigenvalue weighted by Crippen LogP contribution is 0.840.